The Morgan fingerprint density at radius 2 is 2.39 bits per heavy atom. The van der Waals surface area contributed by atoms with Crippen LogP contribution in [-0.2, 0) is 4.74 Å². The van der Waals surface area contributed by atoms with Crippen LogP contribution >= 0.6 is 0 Å². The van der Waals surface area contributed by atoms with Crippen LogP contribution in [0.2, 0.25) is 0 Å². The molecule has 2 amide bonds. The molecule has 0 saturated carbocycles. The molecule has 1 aliphatic rings. The summed E-state index contributed by atoms with van der Waals surface area (Å²) in [7, 11) is 1.67. The van der Waals surface area contributed by atoms with Gasteiger partial charge >= 0.3 is 6.03 Å². The number of pyridine rings is 1. The molecule has 0 aliphatic carbocycles. The predicted molar refractivity (Wildman–Crippen MR) is 87.4 cm³/mol. The number of rotatable bonds is 5. The fourth-order valence-corrected chi connectivity index (χ4v) is 3.14. The molecule has 1 N–H and O–H groups in total. The highest BCUT2D eigenvalue weighted by Crippen LogP contribution is 2.26. The van der Waals surface area contributed by atoms with E-state index in [-0.39, 0.29) is 12.1 Å². The van der Waals surface area contributed by atoms with Crippen LogP contribution in [0.1, 0.15) is 24.7 Å². The Hall–Kier alpha value is -2.15. The molecule has 124 valence electrons. The topological polar surface area (TPSA) is 72.3 Å². The van der Waals surface area contributed by atoms with E-state index in [1.165, 1.54) is 0 Å². The number of urea groups is 1. The Morgan fingerprint density at radius 3 is 3.22 bits per heavy atom. The Bertz CT molecular complexity index is 684. The number of aryl methyl sites for hydroxylation is 1. The number of methoxy groups -OCH3 is 1. The van der Waals surface area contributed by atoms with Gasteiger partial charge in [0.25, 0.3) is 0 Å². The number of fused-ring (bicyclic) bond motifs is 1. The first-order valence-electron chi connectivity index (χ1n) is 8.02. The number of amides is 2. The molecule has 1 saturated heterocycles. The van der Waals surface area contributed by atoms with Crippen molar-refractivity contribution >= 4 is 17.2 Å². The molecule has 7 nitrogen and oxygen atoms in total. The molecule has 1 atom stereocenters. The molecule has 0 spiro atoms. The van der Waals surface area contributed by atoms with Gasteiger partial charge in [-0.15, -0.1) is 0 Å². The normalized spacial score (nSPS) is 17.8. The highest BCUT2D eigenvalue weighted by molar-refractivity contribution is 5.75. The Morgan fingerprint density at radius 1 is 1.52 bits per heavy atom. The van der Waals surface area contributed by atoms with Gasteiger partial charge < -0.3 is 19.5 Å². The lowest BCUT2D eigenvalue weighted by Crippen LogP contribution is -2.39. The Kier molecular flexibility index (Phi) is 4.76. The number of likely N-dealkylation sites (tertiary alicyclic amines) is 1. The van der Waals surface area contributed by atoms with E-state index in [1.807, 2.05) is 24.0 Å². The van der Waals surface area contributed by atoms with Gasteiger partial charge in [0.1, 0.15) is 11.3 Å². The fourth-order valence-electron chi connectivity index (χ4n) is 3.14. The third-order valence-corrected chi connectivity index (χ3v) is 4.24. The van der Waals surface area contributed by atoms with Gasteiger partial charge in [0.05, 0.1) is 6.04 Å². The van der Waals surface area contributed by atoms with Crippen molar-refractivity contribution in [2.45, 2.75) is 25.8 Å². The SMILES string of the molecule is COCCCNC(=O)N1CCC(n2c(C)nc3cccnc32)C1. The van der Waals surface area contributed by atoms with Crippen LogP contribution < -0.4 is 5.32 Å². The van der Waals surface area contributed by atoms with Crippen LogP contribution in [0, 0.1) is 6.92 Å². The van der Waals surface area contributed by atoms with Crippen molar-refractivity contribution in [1.29, 1.82) is 0 Å². The maximum atomic E-state index is 12.2. The largest absolute Gasteiger partial charge is 0.385 e. The zero-order valence-corrected chi connectivity index (χ0v) is 13.7. The van der Waals surface area contributed by atoms with E-state index in [4.69, 9.17) is 4.74 Å². The molecule has 7 heteroatoms. The summed E-state index contributed by atoms with van der Waals surface area (Å²) in [6.45, 7) is 4.75. The number of imidazole rings is 1. The summed E-state index contributed by atoms with van der Waals surface area (Å²) in [6, 6.07) is 4.10. The standard InChI is InChI=1S/C16H23N5O2/c1-12-19-14-5-3-7-17-15(14)21(12)13-6-9-20(11-13)16(22)18-8-4-10-23-2/h3,5,7,13H,4,6,8-11H2,1-2H3,(H,18,22). The van der Waals surface area contributed by atoms with E-state index >= 15 is 0 Å². The first-order valence-corrected chi connectivity index (χ1v) is 8.02. The molecule has 0 aromatic carbocycles. The molecular formula is C16H23N5O2. The fraction of sp³-hybridized carbons (Fsp3) is 0.562. The van der Waals surface area contributed by atoms with Gasteiger partial charge in [-0.05, 0) is 31.9 Å². The third kappa shape index (κ3) is 3.29. The Labute approximate surface area is 135 Å². The van der Waals surface area contributed by atoms with Gasteiger partial charge in [-0.2, -0.15) is 0 Å². The maximum absolute atomic E-state index is 12.2. The van der Waals surface area contributed by atoms with E-state index in [9.17, 15) is 4.79 Å². The highest BCUT2D eigenvalue weighted by atomic mass is 16.5. The average molecular weight is 317 g/mol. The van der Waals surface area contributed by atoms with Gasteiger partial charge in [-0.25, -0.2) is 14.8 Å². The minimum atomic E-state index is -0.00126. The lowest BCUT2D eigenvalue weighted by Gasteiger charge is -2.18. The average Bonchev–Trinajstić information content (AvgIpc) is 3.14. The van der Waals surface area contributed by atoms with Crippen LogP contribution in [-0.4, -0.2) is 58.8 Å². The molecule has 0 radical (unpaired) electrons. The number of nitrogens with one attached hydrogen (secondary N) is 1. The highest BCUT2D eigenvalue weighted by Gasteiger charge is 2.29. The second-order valence-corrected chi connectivity index (χ2v) is 5.84. The number of ether oxygens (including phenoxy) is 1. The molecule has 3 rings (SSSR count). The number of carbonyl (C=O) groups is 1. The van der Waals surface area contributed by atoms with E-state index in [2.05, 4.69) is 19.9 Å². The van der Waals surface area contributed by atoms with Crippen molar-refractivity contribution in [2.24, 2.45) is 0 Å². The van der Waals surface area contributed by atoms with Crippen molar-refractivity contribution in [3.8, 4) is 0 Å². The number of carbonyl (C=O) groups excluding carboxylic acids is 1. The predicted octanol–water partition coefficient (Wildman–Crippen LogP) is 1.73. The zero-order valence-electron chi connectivity index (χ0n) is 13.7. The summed E-state index contributed by atoms with van der Waals surface area (Å²) in [6.07, 6.45) is 3.54. The summed E-state index contributed by atoms with van der Waals surface area (Å²) in [5.74, 6) is 0.950. The van der Waals surface area contributed by atoms with E-state index in [0.29, 0.717) is 19.7 Å². The van der Waals surface area contributed by atoms with Gasteiger partial charge in [-0.3, -0.25) is 0 Å². The summed E-state index contributed by atoms with van der Waals surface area (Å²) >= 11 is 0. The molecular weight excluding hydrogens is 294 g/mol. The van der Waals surface area contributed by atoms with Gasteiger partial charge in [-0.1, -0.05) is 0 Å². The molecule has 3 heterocycles. The first-order chi connectivity index (χ1) is 11.2. The van der Waals surface area contributed by atoms with Crippen LogP contribution in [0.3, 0.4) is 0 Å². The zero-order chi connectivity index (χ0) is 16.2. The van der Waals surface area contributed by atoms with Crippen LogP contribution in [0.5, 0.6) is 0 Å². The van der Waals surface area contributed by atoms with Crippen molar-refractivity contribution in [3.05, 3.63) is 24.2 Å². The number of nitrogens with zero attached hydrogens (tertiary/aromatic N) is 4. The van der Waals surface area contributed by atoms with E-state index < -0.39 is 0 Å². The second-order valence-electron chi connectivity index (χ2n) is 5.84. The summed E-state index contributed by atoms with van der Waals surface area (Å²) in [4.78, 5) is 23.1. The van der Waals surface area contributed by atoms with E-state index in [0.717, 1.165) is 36.4 Å². The number of aromatic nitrogens is 3. The first kappa shape index (κ1) is 15.7. The number of hydrogen-bond acceptors (Lipinski definition) is 4. The third-order valence-electron chi connectivity index (χ3n) is 4.24. The monoisotopic (exact) mass is 317 g/mol. The minimum absolute atomic E-state index is 0.00126. The van der Waals surface area contributed by atoms with E-state index in [1.54, 1.807) is 13.3 Å². The van der Waals surface area contributed by atoms with Gasteiger partial charge in [0, 0.05) is 39.5 Å². The molecule has 0 bridgehead atoms. The van der Waals surface area contributed by atoms with Gasteiger partial charge in [0.15, 0.2) is 5.65 Å². The van der Waals surface area contributed by atoms with Gasteiger partial charge in [0.2, 0.25) is 0 Å². The summed E-state index contributed by atoms with van der Waals surface area (Å²) < 4.78 is 7.15. The lowest BCUT2D eigenvalue weighted by atomic mass is 10.2. The second kappa shape index (κ2) is 6.95. The molecule has 23 heavy (non-hydrogen) atoms. The van der Waals surface area contributed by atoms with Crippen LogP contribution in [0.25, 0.3) is 11.2 Å². The smallest absolute Gasteiger partial charge is 0.317 e. The van der Waals surface area contributed by atoms with Crippen molar-refractivity contribution < 1.29 is 9.53 Å². The summed E-state index contributed by atoms with van der Waals surface area (Å²) in [5.41, 5.74) is 1.81. The lowest BCUT2D eigenvalue weighted by molar-refractivity contribution is 0.188. The van der Waals surface area contributed by atoms with Crippen LogP contribution in [0.15, 0.2) is 18.3 Å². The minimum Gasteiger partial charge on any atom is -0.385 e. The van der Waals surface area contributed by atoms with Crippen LogP contribution in [0.4, 0.5) is 4.79 Å². The van der Waals surface area contributed by atoms with Crippen molar-refractivity contribution in [2.75, 3.05) is 33.4 Å². The van der Waals surface area contributed by atoms with Crippen molar-refractivity contribution in [1.82, 2.24) is 24.8 Å². The molecule has 2 aromatic heterocycles. The maximum Gasteiger partial charge on any atom is 0.317 e. The number of hydrogen-bond donors (Lipinski definition) is 1. The Balaban J connectivity index is 1.65. The summed E-state index contributed by atoms with van der Waals surface area (Å²) in [5, 5.41) is 2.94. The quantitative estimate of drug-likeness (QED) is 0.853. The molecule has 1 fully saturated rings. The van der Waals surface area contributed by atoms with Crippen molar-refractivity contribution in [3.63, 3.8) is 0 Å². The molecule has 1 aliphatic heterocycles. The molecule has 2 aromatic rings. The molecule has 1 unspecified atom stereocenters.